The molecule has 2 N–H and O–H groups in total. The summed E-state index contributed by atoms with van der Waals surface area (Å²) in [5, 5.41) is 26.8. The van der Waals surface area contributed by atoms with E-state index in [2.05, 4.69) is 20.6 Å². The molecule has 2 aromatic heterocycles. The monoisotopic (exact) mass is 338 g/mol. The van der Waals surface area contributed by atoms with Crippen molar-refractivity contribution in [1.82, 2.24) is 30.1 Å². The molecule has 0 saturated heterocycles. The molecule has 0 bridgehead atoms. The first-order chi connectivity index (χ1) is 12.3. The lowest BCUT2D eigenvalue weighted by atomic mass is 10.1. The maximum atomic E-state index is 10.3. The van der Waals surface area contributed by atoms with Crippen LogP contribution in [-0.4, -0.2) is 42.0 Å². The van der Waals surface area contributed by atoms with E-state index in [1.54, 1.807) is 17.2 Å². The Morgan fingerprint density at radius 2 is 2.00 bits per heavy atom. The van der Waals surface area contributed by atoms with Crippen molar-refractivity contribution in [3.63, 3.8) is 0 Å². The highest BCUT2D eigenvalue weighted by Crippen LogP contribution is 2.27. The van der Waals surface area contributed by atoms with E-state index >= 15 is 0 Å². The highest BCUT2D eigenvalue weighted by atomic mass is 16.3. The average molecular weight is 338 g/mol. The van der Waals surface area contributed by atoms with Gasteiger partial charge in [-0.15, -0.1) is 0 Å². The van der Waals surface area contributed by atoms with Gasteiger partial charge < -0.3 is 10.4 Å². The van der Waals surface area contributed by atoms with E-state index in [9.17, 15) is 5.11 Å². The maximum absolute atomic E-state index is 10.3. The molecule has 7 nitrogen and oxygen atoms in total. The Morgan fingerprint density at radius 3 is 2.80 bits per heavy atom. The van der Waals surface area contributed by atoms with Gasteiger partial charge in [-0.05, 0) is 37.0 Å². The fourth-order valence-corrected chi connectivity index (χ4v) is 3.46. The molecule has 0 spiro atoms. The Morgan fingerprint density at radius 1 is 1.12 bits per heavy atom. The molecule has 0 aliphatic heterocycles. The third-order valence-electron chi connectivity index (χ3n) is 4.70. The molecule has 2 heterocycles. The third kappa shape index (κ3) is 3.78. The molecule has 7 heteroatoms. The molecule has 1 fully saturated rings. The highest BCUT2D eigenvalue weighted by molar-refractivity contribution is 5.28. The SMILES string of the molecule is O[C@@H]1CC(Cn2cccn2)C[C@H]1NCc1cnn(-c2ccccc2)n1. The van der Waals surface area contributed by atoms with Crippen molar-refractivity contribution < 1.29 is 5.11 Å². The summed E-state index contributed by atoms with van der Waals surface area (Å²) in [6, 6.07) is 11.8. The fraction of sp³-hybridized carbons (Fsp3) is 0.389. The van der Waals surface area contributed by atoms with Gasteiger partial charge in [0.25, 0.3) is 0 Å². The van der Waals surface area contributed by atoms with Crippen molar-refractivity contribution in [2.24, 2.45) is 5.92 Å². The molecular formula is C18H22N6O. The third-order valence-corrected chi connectivity index (χ3v) is 4.70. The Kier molecular flexibility index (Phi) is 4.58. The van der Waals surface area contributed by atoms with Gasteiger partial charge in [0, 0.05) is 31.5 Å². The molecule has 4 rings (SSSR count). The number of nitrogens with one attached hydrogen (secondary N) is 1. The molecule has 1 aliphatic carbocycles. The van der Waals surface area contributed by atoms with Gasteiger partial charge in [0.1, 0.15) is 0 Å². The predicted molar refractivity (Wildman–Crippen MR) is 92.9 cm³/mol. The van der Waals surface area contributed by atoms with E-state index in [1.165, 1.54) is 0 Å². The summed E-state index contributed by atoms with van der Waals surface area (Å²) in [6.07, 6.45) is 6.93. The predicted octanol–water partition coefficient (Wildman–Crippen LogP) is 1.39. The second-order valence-corrected chi connectivity index (χ2v) is 6.58. The highest BCUT2D eigenvalue weighted by Gasteiger charge is 2.32. The molecule has 1 aromatic carbocycles. The van der Waals surface area contributed by atoms with Gasteiger partial charge in [0.15, 0.2) is 0 Å². The minimum absolute atomic E-state index is 0.0856. The zero-order valence-corrected chi connectivity index (χ0v) is 13.9. The normalized spacial score (nSPS) is 23.2. The van der Waals surface area contributed by atoms with E-state index < -0.39 is 0 Å². The zero-order chi connectivity index (χ0) is 17.1. The largest absolute Gasteiger partial charge is 0.391 e. The number of benzene rings is 1. The number of hydrogen-bond donors (Lipinski definition) is 2. The van der Waals surface area contributed by atoms with Crippen LogP contribution in [0.1, 0.15) is 18.5 Å². The van der Waals surface area contributed by atoms with Gasteiger partial charge in [-0.3, -0.25) is 4.68 Å². The molecule has 25 heavy (non-hydrogen) atoms. The molecule has 1 saturated carbocycles. The molecule has 1 aliphatic rings. The number of hydrogen-bond acceptors (Lipinski definition) is 5. The van der Waals surface area contributed by atoms with E-state index in [-0.39, 0.29) is 12.1 Å². The number of aliphatic hydroxyl groups excluding tert-OH is 1. The Hall–Kier alpha value is -2.51. The first kappa shape index (κ1) is 16.0. The van der Waals surface area contributed by atoms with E-state index in [1.807, 2.05) is 47.3 Å². The van der Waals surface area contributed by atoms with Crippen molar-refractivity contribution in [2.75, 3.05) is 0 Å². The van der Waals surface area contributed by atoms with Crippen molar-refractivity contribution in [2.45, 2.75) is 38.1 Å². The van der Waals surface area contributed by atoms with Gasteiger partial charge in [0.2, 0.25) is 0 Å². The van der Waals surface area contributed by atoms with E-state index in [4.69, 9.17) is 0 Å². The Bertz CT molecular complexity index is 785. The zero-order valence-electron chi connectivity index (χ0n) is 13.9. The second kappa shape index (κ2) is 7.16. The average Bonchev–Trinajstić information content (AvgIpc) is 3.36. The molecule has 0 amide bonds. The van der Waals surface area contributed by atoms with Crippen LogP contribution in [0.3, 0.4) is 0 Å². The summed E-state index contributed by atoms with van der Waals surface area (Å²) in [6.45, 7) is 1.45. The number of nitrogens with zero attached hydrogens (tertiary/aromatic N) is 5. The van der Waals surface area contributed by atoms with Crippen LogP contribution in [0.5, 0.6) is 0 Å². The molecule has 1 unspecified atom stereocenters. The topological polar surface area (TPSA) is 80.8 Å². The first-order valence-electron chi connectivity index (χ1n) is 8.63. The van der Waals surface area contributed by atoms with Gasteiger partial charge in [-0.2, -0.15) is 20.1 Å². The standard InChI is InChI=1S/C18H22N6O/c25-18-10-14(13-23-8-4-7-20-23)9-17(18)19-11-15-12-21-24(22-15)16-5-2-1-3-6-16/h1-8,12,14,17-19,25H,9-11,13H2/t14?,17-,18-/m1/s1. The summed E-state index contributed by atoms with van der Waals surface area (Å²) < 4.78 is 1.94. The quantitative estimate of drug-likeness (QED) is 0.710. The summed E-state index contributed by atoms with van der Waals surface area (Å²) >= 11 is 0. The molecule has 0 radical (unpaired) electrons. The first-order valence-corrected chi connectivity index (χ1v) is 8.63. The molecule has 130 valence electrons. The lowest BCUT2D eigenvalue weighted by molar-refractivity contribution is 0.145. The van der Waals surface area contributed by atoms with Crippen LogP contribution < -0.4 is 5.32 Å². The van der Waals surface area contributed by atoms with Crippen LogP contribution >= 0.6 is 0 Å². The molecule has 3 aromatic rings. The van der Waals surface area contributed by atoms with Crippen LogP contribution in [0.15, 0.2) is 55.0 Å². The van der Waals surface area contributed by atoms with E-state index in [0.29, 0.717) is 12.5 Å². The number of rotatable bonds is 6. The minimum atomic E-state index is -0.329. The van der Waals surface area contributed by atoms with Crippen molar-refractivity contribution in [3.8, 4) is 5.69 Å². The van der Waals surface area contributed by atoms with Crippen molar-refractivity contribution >= 4 is 0 Å². The van der Waals surface area contributed by atoms with Crippen LogP contribution in [0, 0.1) is 5.92 Å². The smallest absolute Gasteiger partial charge is 0.0969 e. The van der Waals surface area contributed by atoms with Crippen LogP contribution in [0.25, 0.3) is 5.69 Å². The molecule has 3 atom stereocenters. The second-order valence-electron chi connectivity index (χ2n) is 6.58. The minimum Gasteiger partial charge on any atom is -0.391 e. The van der Waals surface area contributed by atoms with E-state index in [0.717, 1.165) is 30.8 Å². The number of aliphatic hydroxyl groups is 1. The van der Waals surface area contributed by atoms with Gasteiger partial charge in [0.05, 0.1) is 23.7 Å². The maximum Gasteiger partial charge on any atom is 0.0969 e. The Labute approximate surface area is 146 Å². The van der Waals surface area contributed by atoms with Crippen LogP contribution in [0.2, 0.25) is 0 Å². The van der Waals surface area contributed by atoms with Gasteiger partial charge >= 0.3 is 0 Å². The summed E-state index contributed by atoms with van der Waals surface area (Å²) in [4.78, 5) is 1.63. The van der Waals surface area contributed by atoms with Crippen molar-refractivity contribution in [3.05, 3.63) is 60.7 Å². The fourth-order valence-electron chi connectivity index (χ4n) is 3.46. The Balaban J connectivity index is 1.32. The number of aromatic nitrogens is 5. The summed E-state index contributed by atoms with van der Waals surface area (Å²) in [5.41, 5.74) is 1.81. The van der Waals surface area contributed by atoms with Gasteiger partial charge in [-0.1, -0.05) is 18.2 Å². The molecular weight excluding hydrogens is 316 g/mol. The van der Waals surface area contributed by atoms with Crippen LogP contribution in [-0.2, 0) is 13.1 Å². The summed E-state index contributed by atoms with van der Waals surface area (Å²) in [7, 11) is 0. The van der Waals surface area contributed by atoms with Gasteiger partial charge in [-0.25, -0.2) is 0 Å². The van der Waals surface area contributed by atoms with Crippen molar-refractivity contribution in [1.29, 1.82) is 0 Å². The summed E-state index contributed by atoms with van der Waals surface area (Å²) in [5.74, 6) is 0.437. The lowest BCUT2D eigenvalue weighted by Crippen LogP contribution is -2.35. The number of para-hydroxylation sites is 1. The lowest BCUT2D eigenvalue weighted by Gasteiger charge is -2.15. The van der Waals surface area contributed by atoms with Crippen LogP contribution in [0.4, 0.5) is 0 Å².